The summed E-state index contributed by atoms with van der Waals surface area (Å²) in [5.74, 6) is 0. The number of thiazole rings is 1. The SMILES string of the molecule is O=CNCc1cn2cncc2s1. The number of fused-ring (bicyclic) bond motifs is 1. The summed E-state index contributed by atoms with van der Waals surface area (Å²) in [6.07, 6.45) is 6.21. The molecule has 2 rings (SSSR count). The summed E-state index contributed by atoms with van der Waals surface area (Å²) in [5, 5.41) is 2.61. The van der Waals surface area contributed by atoms with Crippen LogP contribution in [0.25, 0.3) is 4.83 Å². The van der Waals surface area contributed by atoms with E-state index in [2.05, 4.69) is 10.3 Å². The second-order valence-corrected chi connectivity index (χ2v) is 3.48. The number of carbonyl (C=O) groups is 1. The second-order valence-electron chi connectivity index (χ2n) is 2.34. The standard InChI is InChI=1S/C7H7N3OS/c11-5-9-1-6-3-10-4-8-2-7(10)12-6/h2-5H,1H2,(H,9,11). The van der Waals surface area contributed by atoms with Crippen molar-refractivity contribution >= 4 is 22.6 Å². The summed E-state index contributed by atoms with van der Waals surface area (Å²) < 4.78 is 1.94. The van der Waals surface area contributed by atoms with Crippen molar-refractivity contribution in [1.82, 2.24) is 14.7 Å². The summed E-state index contributed by atoms with van der Waals surface area (Å²) in [6, 6.07) is 0. The number of nitrogens with one attached hydrogen (secondary N) is 1. The van der Waals surface area contributed by atoms with Gasteiger partial charge in [-0.15, -0.1) is 11.3 Å². The average molecular weight is 181 g/mol. The van der Waals surface area contributed by atoms with E-state index in [0.717, 1.165) is 9.71 Å². The molecule has 0 aromatic carbocycles. The van der Waals surface area contributed by atoms with Gasteiger partial charge in [-0.05, 0) is 0 Å². The average Bonchev–Trinajstić information content (AvgIpc) is 2.58. The Labute approximate surface area is 72.9 Å². The van der Waals surface area contributed by atoms with Crippen molar-refractivity contribution in [3.8, 4) is 0 Å². The third kappa shape index (κ3) is 1.18. The molecule has 0 aliphatic heterocycles. The second kappa shape index (κ2) is 2.94. The van der Waals surface area contributed by atoms with E-state index in [0.29, 0.717) is 13.0 Å². The van der Waals surface area contributed by atoms with E-state index in [-0.39, 0.29) is 0 Å². The zero-order chi connectivity index (χ0) is 8.39. The summed E-state index contributed by atoms with van der Waals surface area (Å²) in [6.45, 7) is 0.593. The van der Waals surface area contributed by atoms with E-state index in [1.807, 2.05) is 10.6 Å². The van der Waals surface area contributed by atoms with Gasteiger partial charge in [0, 0.05) is 11.1 Å². The van der Waals surface area contributed by atoms with E-state index in [9.17, 15) is 4.79 Å². The van der Waals surface area contributed by atoms with Crippen LogP contribution in [0.2, 0.25) is 0 Å². The van der Waals surface area contributed by atoms with Crippen LogP contribution in [-0.4, -0.2) is 15.8 Å². The Bertz CT molecular complexity index is 363. The minimum atomic E-state index is 0.593. The minimum absolute atomic E-state index is 0.593. The fourth-order valence-corrected chi connectivity index (χ4v) is 1.92. The summed E-state index contributed by atoms with van der Waals surface area (Å²) >= 11 is 1.62. The van der Waals surface area contributed by atoms with E-state index in [1.54, 1.807) is 23.9 Å². The van der Waals surface area contributed by atoms with Crippen LogP contribution in [0.1, 0.15) is 4.88 Å². The van der Waals surface area contributed by atoms with Gasteiger partial charge in [0.25, 0.3) is 0 Å². The van der Waals surface area contributed by atoms with Crippen LogP contribution in [-0.2, 0) is 11.3 Å². The quantitative estimate of drug-likeness (QED) is 0.706. The lowest BCUT2D eigenvalue weighted by Crippen LogP contribution is -2.08. The number of amides is 1. The lowest BCUT2D eigenvalue weighted by molar-refractivity contribution is -0.109. The molecule has 1 amide bonds. The molecule has 2 aromatic rings. The molecule has 1 N–H and O–H groups in total. The van der Waals surface area contributed by atoms with Crippen LogP contribution in [0.4, 0.5) is 0 Å². The maximum absolute atomic E-state index is 10.0. The Kier molecular flexibility index (Phi) is 1.79. The van der Waals surface area contributed by atoms with E-state index in [1.165, 1.54) is 0 Å². The molecule has 62 valence electrons. The zero-order valence-electron chi connectivity index (χ0n) is 6.23. The maximum atomic E-state index is 10.0. The van der Waals surface area contributed by atoms with Gasteiger partial charge in [-0.25, -0.2) is 4.98 Å². The first-order valence-electron chi connectivity index (χ1n) is 3.47. The van der Waals surface area contributed by atoms with Gasteiger partial charge in [0.2, 0.25) is 6.41 Å². The molecule has 0 atom stereocenters. The number of nitrogens with zero attached hydrogens (tertiary/aromatic N) is 2. The summed E-state index contributed by atoms with van der Waals surface area (Å²) in [5.41, 5.74) is 0. The number of hydrogen-bond donors (Lipinski definition) is 1. The van der Waals surface area contributed by atoms with Gasteiger partial charge in [0.15, 0.2) is 0 Å². The van der Waals surface area contributed by atoms with Crippen molar-refractivity contribution in [1.29, 1.82) is 0 Å². The van der Waals surface area contributed by atoms with Gasteiger partial charge in [-0.2, -0.15) is 0 Å². The number of rotatable bonds is 3. The molecule has 4 nitrogen and oxygen atoms in total. The fraction of sp³-hybridized carbons (Fsp3) is 0.143. The van der Waals surface area contributed by atoms with Gasteiger partial charge in [-0.3, -0.25) is 9.20 Å². The first-order chi connectivity index (χ1) is 5.90. The predicted octanol–water partition coefficient (Wildman–Crippen LogP) is 0.642. The smallest absolute Gasteiger partial charge is 0.207 e. The molecule has 0 spiro atoms. The summed E-state index contributed by atoms with van der Waals surface area (Å²) in [4.78, 5) is 16.2. The Morgan fingerprint density at radius 3 is 3.42 bits per heavy atom. The van der Waals surface area contributed by atoms with Gasteiger partial charge in [0.05, 0.1) is 19.1 Å². The van der Waals surface area contributed by atoms with Crippen LogP contribution in [0.15, 0.2) is 18.7 Å². The van der Waals surface area contributed by atoms with Crippen molar-refractivity contribution < 1.29 is 4.79 Å². The van der Waals surface area contributed by atoms with Crippen LogP contribution in [0.3, 0.4) is 0 Å². The predicted molar refractivity (Wildman–Crippen MR) is 46.0 cm³/mol. The van der Waals surface area contributed by atoms with Crippen LogP contribution in [0.5, 0.6) is 0 Å². The molecule has 0 aliphatic rings. The third-order valence-electron chi connectivity index (χ3n) is 1.51. The monoisotopic (exact) mass is 181 g/mol. The largest absolute Gasteiger partial charge is 0.354 e. The molecular formula is C7H7N3OS. The Hall–Kier alpha value is -1.36. The lowest BCUT2D eigenvalue weighted by Gasteiger charge is -1.90. The number of carbonyl (C=O) groups excluding carboxylic acids is 1. The molecule has 0 unspecified atom stereocenters. The summed E-state index contributed by atoms with van der Waals surface area (Å²) in [7, 11) is 0. The van der Waals surface area contributed by atoms with Gasteiger partial charge < -0.3 is 5.32 Å². The Balaban J connectivity index is 2.26. The van der Waals surface area contributed by atoms with Gasteiger partial charge >= 0.3 is 0 Å². The highest BCUT2D eigenvalue weighted by molar-refractivity contribution is 7.17. The van der Waals surface area contributed by atoms with Crippen LogP contribution in [0, 0.1) is 0 Å². The van der Waals surface area contributed by atoms with Crippen molar-refractivity contribution in [2.24, 2.45) is 0 Å². The van der Waals surface area contributed by atoms with E-state index < -0.39 is 0 Å². The molecule has 0 fully saturated rings. The Morgan fingerprint density at radius 1 is 1.75 bits per heavy atom. The van der Waals surface area contributed by atoms with Crippen molar-refractivity contribution in [2.75, 3.05) is 0 Å². The normalized spacial score (nSPS) is 10.3. The lowest BCUT2D eigenvalue weighted by atomic mass is 10.5. The first-order valence-corrected chi connectivity index (χ1v) is 4.29. The fourth-order valence-electron chi connectivity index (χ4n) is 1.01. The highest BCUT2D eigenvalue weighted by atomic mass is 32.1. The number of aromatic nitrogens is 2. The molecular weight excluding hydrogens is 174 g/mol. The molecule has 0 saturated carbocycles. The third-order valence-corrected chi connectivity index (χ3v) is 2.55. The molecule has 12 heavy (non-hydrogen) atoms. The van der Waals surface area contributed by atoms with Gasteiger partial charge in [0.1, 0.15) is 4.83 Å². The number of imidazole rings is 1. The molecule has 2 heterocycles. The number of hydrogen-bond acceptors (Lipinski definition) is 3. The Morgan fingerprint density at radius 2 is 2.67 bits per heavy atom. The molecule has 0 bridgehead atoms. The maximum Gasteiger partial charge on any atom is 0.207 e. The van der Waals surface area contributed by atoms with E-state index >= 15 is 0 Å². The molecule has 0 radical (unpaired) electrons. The molecule has 0 saturated heterocycles. The topological polar surface area (TPSA) is 46.4 Å². The highest BCUT2D eigenvalue weighted by Gasteiger charge is 1.99. The van der Waals surface area contributed by atoms with Crippen LogP contribution < -0.4 is 5.32 Å². The van der Waals surface area contributed by atoms with Crippen molar-refractivity contribution in [3.63, 3.8) is 0 Å². The first kappa shape index (κ1) is 7.30. The minimum Gasteiger partial charge on any atom is -0.354 e. The van der Waals surface area contributed by atoms with Gasteiger partial charge in [-0.1, -0.05) is 0 Å². The highest BCUT2D eigenvalue weighted by Crippen LogP contribution is 2.16. The van der Waals surface area contributed by atoms with Crippen molar-refractivity contribution in [2.45, 2.75) is 6.54 Å². The van der Waals surface area contributed by atoms with E-state index in [4.69, 9.17) is 0 Å². The molecule has 2 aromatic heterocycles. The van der Waals surface area contributed by atoms with Crippen LogP contribution >= 0.6 is 11.3 Å². The van der Waals surface area contributed by atoms with Crippen molar-refractivity contribution in [3.05, 3.63) is 23.6 Å². The molecule has 5 heteroatoms. The molecule has 0 aliphatic carbocycles. The zero-order valence-corrected chi connectivity index (χ0v) is 7.04.